The molecule has 2 aromatic rings. The van der Waals surface area contributed by atoms with Crippen LogP contribution in [0.2, 0.25) is 0 Å². The van der Waals surface area contributed by atoms with E-state index in [2.05, 4.69) is 32.3 Å². The van der Waals surface area contributed by atoms with Gasteiger partial charge in [-0.3, -0.25) is 9.47 Å². The van der Waals surface area contributed by atoms with Crippen LogP contribution in [0.4, 0.5) is 10.6 Å². The lowest BCUT2D eigenvalue weighted by Gasteiger charge is -2.37. The predicted octanol–water partition coefficient (Wildman–Crippen LogP) is 3.68. The molecular formula is C28H37N5O4. The van der Waals surface area contributed by atoms with Crippen molar-refractivity contribution in [3.63, 3.8) is 0 Å². The maximum absolute atomic E-state index is 12.9. The zero-order chi connectivity index (χ0) is 25.4. The third-order valence-electron chi connectivity index (χ3n) is 8.50. The van der Waals surface area contributed by atoms with E-state index in [1.54, 1.807) is 4.57 Å². The predicted molar refractivity (Wildman–Crippen MR) is 140 cm³/mol. The summed E-state index contributed by atoms with van der Waals surface area (Å²) in [6.07, 6.45) is 11.5. The number of pyridine rings is 1. The Hall–Kier alpha value is -3.20. The number of rotatable bonds is 7. The van der Waals surface area contributed by atoms with Gasteiger partial charge in [-0.05, 0) is 31.4 Å². The number of alkyl carbamates (subject to hydrolysis) is 1. The van der Waals surface area contributed by atoms with E-state index in [1.165, 1.54) is 6.42 Å². The molecule has 2 bridgehead atoms. The summed E-state index contributed by atoms with van der Waals surface area (Å²) in [6, 6.07) is 6.10. The van der Waals surface area contributed by atoms with E-state index >= 15 is 0 Å². The van der Waals surface area contributed by atoms with Crippen molar-refractivity contribution in [3.05, 3.63) is 47.7 Å². The number of amides is 1. The fraction of sp³-hybridized carbons (Fsp3) is 0.571. The third kappa shape index (κ3) is 4.89. The van der Waals surface area contributed by atoms with Crippen LogP contribution in [0, 0.1) is 0 Å². The Bertz CT molecular complexity index is 1100. The second-order valence-electron chi connectivity index (χ2n) is 10.9. The number of hydrogen-bond donors (Lipinski definition) is 3. The van der Waals surface area contributed by atoms with Crippen molar-refractivity contribution in [2.75, 3.05) is 37.6 Å². The highest BCUT2D eigenvalue weighted by Gasteiger charge is 2.41. The summed E-state index contributed by atoms with van der Waals surface area (Å²) in [6.45, 7) is 4.04. The first-order valence-corrected chi connectivity index (χ1v) is 13.7. The van der Waals surface area contributed by atoms with E-state index in [1.807, 2.05) is 24.4 Å². The molecule has 0 spiro atoms. The molecule has 198 valence electrons. The molecule has 1 saturated carbocycles. The lowest BCUT2D eigenvalue weighted by Crippen LogP contribution is -2.50. The molecule has 9 nitrogen and oxygen atoms in total. The van der Waals surface area contributed by atoms with Crippen molar-refractivity contribution in [2.24, 2.45) is 0 Å². The van der Waals surface area contributed by atoms with Gasteiger partial charge in [-0.15, -0.1) is 0 Å². The standard InChI is InChI=1S/C28H37N5O4/c34-26-24-19-9-10-20(16-19)25(24)27(35)33(26)18-22(37-28(36)30-21-6-2-1-3-7-21)17-31-12-14-32(15-13-31)23-8-4-5-11-29-23/h4-5,8-11,19-22,34-35H,1-3,6-7,12-18H2,(H,30,36). The zero-order valence-electron chi connectivity index (χ0n) is 21.3. The Morgan fingerprint density at radius 1 is 1.00 bits per heavy atom. The van der Waals surface area contributed by atoms with Gasteiger partial charge in [0, 0.05) is 67.9 Å². The van der Waals surface area contributed by atoms with E-state index < -0.39 is 12.2 Å². The molecule has 37 heavy (non-hydrogen) atoms. The van der Waals surface area contributed by atoms with Crippen LogP contribution >= 0.6 is 0 Å². The number of fused-ring (bicyclic) bond motifs is 5. The van der Waals surface area contributed by atoms with Crippen molar-refractivity contribution >= 4 is 11.9 Å². The summed E-state index contributed by atoms with van der Waals surface area (Å²) in [7, 11) is 0. The molecule has 9 heteroatoms. The summed E-state index contributed by atoms with van der Waals surface area (Å²) in [5, 5.41) is 25.2. The lowest BCUT2D eigenvalue weighted by molar-refractivity contribution is 0.0530. The molecule has 2 aromatic heterocycles. The van der Waals surface area contributed by atoms with Gasteiger partial charge in [0.15, 0.2) is 11.8 Å². The molecule has 3 unspecified atom stereocenters. The number of nitrogens with zero attached hydrogens (tertiary/aromatic N) is 4. The highest BCUT2D eigenvalue weighted by molar-refractivity contribution is 5.68. The number of nitrogens with one attached hydrogen (secondary N) is 1. The molecular weight excluding hydrogens is 470 g/mol. The number of aromatic hydroxyl groups is 2. The quantitative estimate of drug-likeness (QED) is 0.491. The monoisotopic (exact) mass is 507 g/mol. The van der Waals surface area contributed by atoms with E-state index in [9.17, 15) is 15.0 Å². The average molecular weight is 508 g/mol. The number of carbonyl (C=O) groups is 1. The zero-order valence-corrected chi connectivity index (χ0v) is 21.3. The van der Waals surface area contributed by atoms with Crippen molar-refractivity contribution in [2.45, 2.75) is 69.1 Å². The van der Waals surface area contributed by atoms with E-state index in [0.717, 1.165) is 75.2 Å². The van der Waals surface area contributed by atoms with Gasteiger partial charge in [0.25, 0.3) is 0 Å². The normalized spacial score (nSPS) is 24.3. The number of ether oxygens (including phenoxy) is 1. The van der Waals surface area contributed by atoms with Gasteiger partial charge in [-0.1, -0.05) is 37.5 Å². The Morgan fingerprint density at radius 3 is 2.35 bits per heavy atom. The molecule has 3 aliphatic carbocycles. The van der Waals surface area contributed by atoms with Crippen LogP contribution in [0.1, 0.15) is 61.5 Å². The molecule has 1 aliphatic heterocycles. The maximum Gasteiger partial charge on any atom is 0.407 e. The molecule has 2 fully saturated rings. The van der Waals surface area contributed by atoms with Crippen LogP contribution in [0.5, 0.6) is 11.8 Å². The third-order valence-corrected chi connectivity index (χ3v) is 8.50. The molecule has 1 saturated heterocycles. The fourth-order valence-corrected chi connectivity index (χ4v) is 6.59. The topological polar surface area (TPSA) is 103 Å². The Morgan fingerprint density at radius 2 is 1.70 bits per heavy atom. The molecule has 6 rings (SSSR count). The number of aromatic nitrogens is 2. The van der Waals surface area contributed by atoms with Crippen molar-refractivity contribution in [3.8, 4) is 11.8 Å². The van der Waals surface area contributed by atoms with Crippen molar-refractivity contribution in [1.82, 2.24) is 19.8 Å². The average Bonchev–Trinajstić information content (AvgIpc) is 3.60. The summed E-state index contributed by atoms with van der Waals surface area (Å²) >= 11 is 0. The first-order chi connectivity index (χ1) is 18.1. The highest BCUT2D eigenvalue weighted by atomic mass is 16.6. The van der Waals surface area contributed by atoms with Gasteiger partial charge < -0.3 is 25.2 Å². The van der Waals surface area contributed by atoms with Crippen molar-refractivity contribution < 1.29 is 19.7 Å². The Kier molecular flexibility index (Phi) is 6.71. The first-order valence-electron chi connectivity index (χ1n) is 13.7. The van der Waals surface area contributed by atoms with Gasteiger partial charge in [0.2, 0.25) is 0 Å². The van der Waals surface area contributed by atoms with Crippen molar-refractivity contribution in [1.29, 1.82) is 0 Å². The Balaban J connectivity index is 1.15. The second kappa shape index (κ2) is 10.3. The van der Waals surface area contributed by atoms with Gasteiger partial charge in [-0.25, -0.2) is 9.78 Å². The number of piperazine rings is 1. The number of anilines is 1. The summed E-state index contributed by atoms with van der Waals surface area (Å²) in [5.41, 5.74) is 1.67. The van der Waals surface area contributed by atoms with Gasteiger partial charge in [0.05, 0.1) is 6.54 Å². The van der Waals surface area contributed by atoms with E-state index in [0.29, 0.717) is 6.54 Å². The molecule has 1 amide bonds. The smallest absolute Gasteiger partial charge is 0.407 e. The largest absolute Gasteiger partial charge is 0.494 e. The summed E-state index contributed by atoms with van der Waals surface area (Å²) < 4.78 is 7.52. The maximum atomic E-state index is 12.9. The number of hydrogen-bond acceptors (Lipinski definition) is 7. The van der Waals surface area contributed by atoms with Crippen LogP contribution in [0.15, 0.2) is 36.5 Å². The minimum absolute atomic E-state index is 0.102. The minimum atomic E-state index is -0.514. The van der Waals surface area contributed by atoms with Crippen LogP contribution in [0.25, 0.3) is 0 Å². The number of carbonyl (C=O) groups excluding carboxylic acids is 1. The number of allylic oxidation sites excluding steroid dienone is 2. The molecule has 3 N–H and O–H groups in total. The van der Waals surface area contributed by atoms with Gasteiger partial charge in [-0.2, -0.15) is 0 Å². The molecule has 3 heterocycles. The summed E-state index contributed by atoms with van der Waals surface area (Å²) in [4.78, 5) is 21.9. The first kappa shape index (κ1) is 24.2. The van der Waals surface area contributed by atoms with Crippen LogP contribution in [-0.2, 0) is 11.3 Å². The minimum Gasteiger partial charge on any atom is -0.494 e. The van der Waals surface area contributed by atoms with E-state index in [-0.39, 0.29) is 36.2 Å². The highest BCUT2D eigenvalue weighted by Crippen LogP contribution is 2.56. The van der Waals surface area contributed by atoms with Crippen LogP contribution in [0.3, 0.4) is 0 Å². The van der Waals surface area contributed by atoms with Gasteiger partial charge in [0.1, 0.15) is 11.9 Å². The second-order valence-corrected chi connectivity index (χ2v) is 10.9. The lowest BCUT2D eigenvalue weighted by atomic mass is 9.96. The molecule has 0 aromatic carbocycles. The fourth-order valence-electron chi connectivity index (χ4n) is 6.59. The van der Waals surface area contributed by atoms with Crippen LogP contribution < -0.4 is 10.2 Å². The van der Waals surface area contributed by atoms with E-state index in [4.69, 9.17) is 4.74 Å². The molecule has 3 atom stereocenters. The SMILES string of the molecule is O=C(NC1CCCCC1)OC(CN1CCN(c2ccccn2)CC1)Cn1c(O)c2c(c1O)C1C=CC2C1. The molecule has 0 radical (unpaired) electrons. The van der Waals surface area contributed by atoms with Gasteiger partial charge >= 0.3 is 6.09 Å². The Labute approximate surface area is 217 Å². The van der Waals surface area contributed by atoms with Crippen LogP contribution in [-0.4, -0.2) is 75.6 Å². The molecule has 4 aliphatic rings. The summed E-state index contributed by atoms with van der Waals surface area (Å²) in [5.74, 6) is 1.49.